The number of aromatic nitrogens is 1. The van der Waals surface area contributed by atoms with Gasteiger partial charge in [0.25, 0.3) is 0 Å². The van der Waals surface area contributed by atoms with Gasteiger partial charge in [-0.3, -0.25) is 4.79 Å². The van der Waals surface area contributed by atoms with Crippen molar-refractivity contribution in [3.8, 4) is 11.5 Å². The molecule has 2 heterocycles. The van der Waals surface area contributed by atoms with Crippen molar-refractivity contribution in [2.45, 2.75) is 24.5 Å². The number of ether oxygens (including phenoxy) is 2. The molecule has 0 radical (unpaired) electrons. The van der Waals surface area contributed by atoms with Crippen molar-refractivity contribution in [3.63, 3.8) is 0 Å². The van der Waals surface area contributed by atoms with Gasteiger partial charge < -0.3 is 18.5 Å². The SMILES string of the molecule is O=C(c1cnoc1C1CC1)c1ccc2c(c1CS(=O)O)OCCO2. The van der Waals surface area contributed by atoms with Crippen LogP contribution in [0.3, 0.4) is 0 Å². The molecule has 4 rings (SSSR count). The molecule has 0 amide bonds. The Kier molecular flexibility index (Phi) is 3.85. The van der Waals surface area contributed by atoms with Gasteiger partial charge in [0, 0.05) is 17.0 Å². The van der Waals surface area contributed by atoms with Gasteiger partial charge in [0.15, 0.2) is 34.1 Å². The van der Waals surface area contributed by atoms with Crippen molar-refractivity contribution in [1.82, 2.24) is 5.16 Å². The number of carbonyl (C=O) groups is 1. The van der Waals surface area contributed by atoms with Crippen LogP contribution in [-0.4, -0.2) is 32.9 Å². The maximum absolute atomic E-state index is 13.0. The largest absolute Gasteiger partial charge is 0.486 e. The number of hydrogen-bond donors (Lipinski definition) is 1. The van der Waals surface area contributed by atoms with Crippen LogP contribution in [0.2, 0.25) is 0 Å². The Labute approximate surface area is 140 Å². The summed E-state index contributed by atoms with van der Waals surface area (Å²) in [7, 11) is 0. The van der Waals surface area contributed by atoms with Gasteiger partial charge in [0.1, 0.15) is 13.2 Å². The van der Waals surface area contributed by atoms with Crippen molar-refractivity contribution >= 4 is 16.9 Å². The third kappa shape index (κ3) is 2.71. The zero-order valence-corrected chi connectivity index (χ0v) is 13.5. The highest BCUT2D eigenvalue weighted by Crippen LogP contribution is 2.43. The lowest BCUT2D eigenvalue weighted by Crippen LogP contribution is -2.19. The van der Waals surface area contributed by atoms with Crippen molar-refractivity contribution in [1.29, 1.82) is 0 Å². The normalized spacial score (nSPS) is 17.5. The summed E-state index contributed by atoms with van der Waals surface area (Å²) in [4.78, 5) is 13.0. The molecule has 2 aliphatic rings. The van der Waals surface area contributed by atoms with Crippen LogP contribution in [0.4, 0.5) is 0 Å². The second kappa shape index (κ2) is 6.03. The Morgan fingerprint density at radius 2 is 2.04 bits per heavy atom. The van der Waals surface area contributed by atoms with E-state index in [1.165, 1.54) is 6.20 Å². The quantitative estimate of drug-likeness (QED) is 0.653. The Bertz CT molecular complexity index is 826. The summed E-state index contributed by atoms with van der Waals surface area (Å²) in [5.41, 5.74) is 1.09. The van der Waals surface area contributed by atoms with E-state index in [1.807, 2.05) is 0 Å². The van der Waals surface area contributed by atoms with Gasteiger partial charge >= 0.3 is 0 Å². The van der Waals surface area contributed by atoms with Gasteiger partial charge in [-0.25, -0.2) is 4.21 Å². The second-order valence-electron chi connectivity index (χ2n) is 5.79. The predicted molar refractivity (Wildman–Crippen MR) is 83.8 cm³/mol. The molecule has 0 bridgehead atoms. The second-order valence-corrected chi connectivity index (χ2v) is 6.72. The molecule has 8 heteroatoms. The molecule has 2 aromatic rings. The van der Waals surface area contributed by atoms with Crippen LogP contribution in [0.1, 0.15) is 46.0 Å². The van der Waals surface area contributed by atoms with E-state index in [4.69, 9.17) is 14.0 Å². The first-order chi connectivity index (χ1) is 11.6. The minimum atomic E-state index is -2.12. The summed E-state index contributed by atoms with van der Waals surface area (Å²) in [5, 5.41) is 3.75. The van der Waals surface area contributed by atoms with Gasteiger partial charge in [-0.05, 0) is 25.0 Å². The lowest BCUT2D eigenvalue weighted by atomic mass is 9.97. The number of nitrogens with zero attached hydrogens (tertiary/aromatic N) is 1. The van der Waals surface area contributed by atoms with E-state index in [0.717, 1.165) is 12.8 Å². The first kappa shape index (κ1) is 15.3. The monoisotopic (exact) mass is 349 g/mol. The predicted octanol–water partition coefficient (Wildman–Crippen LogP) is 2.28. The molecule has 0 spiro atoms. The minimum absolute atomic E-state index is 0.211. The van der Waals surface area contributed by atoms with Crippen LogP contribution in [0.15, 0.2) is 22.9 Å². The lowest BCUT2D eigenvalue weighted by molar-refractivity contribution is 0.103. The molecule has 0 saturated heterocycles. The summed E-state index contributed by atoms with van der Waals surface area (Å²) >= 11 is -2.12. The maximum atomic E-state index is 13.0. The summed E-state index contributed by atoms with van der Waals surface area (Å²) in [6.07, 6.45) is 3.36. The molecule has 1 aliphatic heterocycles. The van der Waals surface area contributed by atoms with Crippen LogP contribution in [0.25, 0.3) is 0 Å². The van der Waals surface area contributed by atoms with Crippen LogP contribution < -0.4 is 9.47 Å². The minimum Gasteiger partial charge on any atom is -0.486 e. The van der Waals surface area contributed by atoms with E-state index in [0.29, 0.717) is 47.2 Å². The molecule has 1 N–H and O–H groups in total. The number of carbonyl (C=O) groups excluding carboxylic acids is 1. The number of hydrogen-bond acceptors (Lipinski definition) is 6. The fourth-order valence-electron chi connectivity index (χ4n) is 2.86. The standard InChI is InChI=1S/C16H15NO6S/c18-14(11-7-17-23-15(11)9-1-2-9)10-3-4-13-16(22-6-5-21-13)12(10)8-24(19)20/h3-4,7,9H,1-2,5-6,8H2,(H,19,20). The van der Waals surface area contributed by atoms with Crippen LogP contribution in [0, 0.1) is 0 Å². The Balaban J connectivity index is 1.80. The molecule has 1 saturated carbocycles. The van der Waals surface area contributed by atoms with Gasteiger partial charge in [0.2, 0.25) is 0 Å². The van der Waals surface area contributed by atoms with E-state index in [9.17, 15) is 13.6 Å². The van der Waals surface area contributed by atoms with Crippen LogP contribution >= 0.6 is 0 Å². The fraction of sp³-hybridized carbons (Fsp3) is 0.375. The van der Waals surface area contributed by atoms with E-state index >= 15 is 0 Å². The first-order valence-corrected chi connectivity index (χ1v) is 8.91. The molecular weight excluding hydrogens is 334 g/mol. The first-order valence-electron chi connectivity index (χ1n) is 7.63. The van der Waals surface area contributed by atoms with Crippen molar-refractivity contribution in [2.75, 3.05) is 13.2 Å². The third-order valence-electron chi connectivity index (χ3n) is 4.12. The molecule has 1 unspecified atom stereocenters. The Hall–Kier alpha value is -2.19. The summed E-state index contributed by atoms with van der Waals surface area (Å²) < 4.78 is 37.0. The van der Waals surface area contributed by atoms with Crippen LogP contribution in [0.5, 0.6) is 11.5 Å². The summed E-state index contributed by atoms with van der Waals surface area (Å²) in [6, 6.07) is 3.25. The van der Waals surface area contributed by atoms with Crippen molar-refractivity contribution in [3.05, 3.63) is 40.8 Å². The highest BCUT2D eigenvalue weighted by atomic mass is 32.2. The van der Waals surface area contributed by atoms with Gasteiger partial charge in [-0.1, -0.05) is 5.16 Å². The molecule has 1 atom stereocenters. The van der Waals surface area contributed by atoms with Gasteiger partial charge in [-0.15, -0.1) is 0 Å². The van der Waals surface area contributed by atoms with Gasteiger partial charge in [-0.2, -0.15) is 0 Å². The van der Waals surface area contributed by atoms with Gasteiger partial charge in [0.05, 0.1) is 17.5 Å². The number of fused-ring (bicyclic) bond motifs is 1. The van der Waals surface area contributed by atoms with Crippen LogP contribution in [-0.2, 0) is 16.8 Å². The molecule has 1 aliphatic carbocycles. The van der Waals surface area contributed by atoms with E-state index in [2.05, 4.69) is 5.16 Å². The number of rotatable bonds is 5. The molecular formula is C16H15NO6S. The third-order valence-corrected chi connectivity index (χ3v) is 4.65. The molecule has 7 nitrogen and oxygen atoms in total. The lowest BCUT2D eigenvalue weighted by Gasteiger charge is -2.22. The highest BCUT2D eigenvalue weighted by Gasteiger charge is 2.34. The average molecular weight is 349 g/mol. The van der Waals surface area contributed by atoms with E-state index < -0.39 is 11.1 Å². The number of ketones is 1. The van der Waals surface area contributed by atoms with E-state index in [-0.39, 0.29) is 17.5 Å². The Morgan fingerprint density at radius 3 is 2.79 bits per heavy atom. The maximum Gasteiger partial charge on any atom is 0.198 e. The van der Waals surface area contributed by atoms with Crippen molar-refractivity contribution in [2.24, 2.45) is 0 Å². The van der Waals surface area contributed by atoms with E-state index in [1.54, 1.807) is 12.1 Å². The molecule has 1 fully saturated rings. The number of benzene rings is 1. The molecule has 1 aromatic carbocycles. The molecule has 24 heavy (non-hydrogen) atoms. The average Bonchev–Trinajstić information content (AvgIpc) is 3.31. The molecule has 1 aromatic heterocycles. The summed E-state index contributed by atoms with van der Waals surface area (Å²) in [5.74, 6) is 1.17. The smallest absolute Gasteiger partial charge is 0.198 e. The molecule has 126 valence electrons. The Morgan fingerprint density at radius 1 is 1.25 bits per heavy atom. The topological polar surface area (TPSA) is 98.9 Å². The fourth-order valence-corrected chi connectivity index (χ4v) is 3.39. The summed E-state index contributed by atoms with van der Waals surface area (Å²) in [6.45, 7) is 0.732. The van der Waals surface area contributed by atoms with Crippen molar-refractivity contribution < 1.29 is 27.6 Å². The zero-order chi connectivity index (χ0) is 16.7. The highest BCUT2D eigenvalue weighted by molar-refractivity contribution is 7.78. The zero-order valence-electron chi connectivity index (χ0n) is 12.7.